The van der Waals surface area contributed by atoms with Gasteiger partial charge in [-0.15, -0.1) is 0 Å². The molecule has 0 bridgehead atoms. The predicted molar refractivity (Wildman–Crippen MR) is 82.9 cm³/mol. The van der Waals surface area contributed by atoms with E-state index in [4.69, 9.17) is 4.74 Å². The highest BCUT2D eigenvalue weighted by Gasteiger charge is 2.17. The van der Waals surface area contributed by atoms with E-state index in [9.17, 15) is 4.79 Å². The monoisotopic (exact) mass is 292 g/mol. The number of ether oxygens (including phenoxy) is 2. The Balaban J connectivity index is 1.73. The van der Waals surface area contributed by atoms with Gasteiger partial charge >= 0.3 is 5.97 Å². The molecule has 21 heavy (non-hydrogen) atoms. The van der Waals surface area contributed by atoms with Crippen molar-refractivity contribution in [1.82, 2.24) is 4.90 Å². The maximum Gasteiger partial charge on any atom is 0.305 e. The van der Waals surface area contributed by atoms with Crippen LogP contribution in [0.3, 0.4) is 0 Å². The zero-order chi connectivity index (χ0) is 15.1. The van der Waals surface area contributed by atoms with E-state index >= 15 is 0 Å². The molecule has 0 aromatic heterocycles. The van der Waals surface area contributed by atoms with Crippen LogP contribution in [-0.4, -0.2) is 57.8 Å². The standard InChI is InChI=1S/C16H24N2O3/c1-20-15-7-5-14(6-8-15)18-12-10-17(11-13-18)9-3-4-16(19)21-2/h5-8H,3-4,9-13H2,1-2H3. The quantitative estimate of drug-likeness (QED) is 0.748. The van der Waals surface area contributed by atoms with Crippen molar-refractivity contribution in [3.63, 3.8) is 0 Å². The number of carbonyl (C=O) groups excluding carboxylic acids is 1. The van der Waals surface area contributed by atoms with Crippen molar-refractivity contribution >= 4 is 11.7 Å². The van der Waals surface area contributed by atoms with Gasteiger partial charge in [-0.25, -0.2) is 0 Å². The van der Waals surface area contributed by atoms with Crippen LogP contribution in [0.25, 0.3) is 0 Å². The molecule has 1 aromatic carbocycles. The Bertz CT molecular complexity index is 439. The third kappa shape index (κ3) is 4.63. The maximum atomic E-state index is 11.1. The highest BCUT2D eigenvalue weighted by molar-refractivity contribution is 5.69. The number of carbonyl (C=O) groups is 1. The Morgan fingerprint density at radius 1 is 1.10 bits per heavy atom. The topological polar surface area (TPSA) is 42.0 Å². The van der Waals surface area contributed by atoms with Gasteiger partial charge in [-0.3, -0.25) is 9.69 Å². The minimum atomic E-state index is -0.119. The number of esters is 1. The second-order valence-corrected chi connectivity index (χ2v) is 5.21. The van der Waals surface area contributed by atoms with Crippen LogP contribution in [0.1, 0.15) is 12.8 Å². The van der Waals surface area contributed by atoms with Gasteiger partial charge in [0.15, 0.2) is 0 Å². The lowest BCUT2D eigenvalue weighted by molar-refractivity contribution is -0.140. The normalized spacial score (nSPS) is 15.8. The smallest absolute Gasteiger partial charge is 0.305 e. The summed E-state index contributed by atoms with van der Waals surface area (Å²) < 4.78 is 9.84. The van der Waals surface area contributed by atoms with Crippen LogP contribution >= 0.6 is 0 Å². The summed E-state index contributed by atoms with van der Waals surface area (Å²) >= 11 is 0. The fraction of sp³-hybridized carbons (Fsp3) is 0.562. The van der Waals surface area contributed by atoms with Crippen molar-refractivity contribution in [1.29, 1.82) is 0 Å². The largest absolute Gasteiger partial charge is 0.497 e. The molecule has 1 aromatic rings. The minimum absolute atomic E-state index is 0.119. The molecule has 0 amide bonds. The maximum absolute atomic E-state index is 11.1. The van der Waals surface area contributed by atoms with Crippen molar-refractivity contribution in [2.75, 3.05) is 51.8 Å². The number of piperazine rings is 1. The van der Waals surface area contributed by atoms with Crippen molar-refractivity contribution in [3.05, 3.63) is 24.3 Å². The molecule has 116 valence electrons. The van der Waals surface area contributed by atoms with E-state index in [1.165, 1.54) is 12.8 Å². The zero-order valence-electron chi connectivity index (χ0n) is 12.9. The molecule has 5 nitrogen and oxygen atoms in total. The van der Waals surface area contributed by atoms with E-state index in [1.54, 1.807) is 7.11 Å². The van der Waals surface area contributed by atoms with Crippen molar-refractivity contribution in [3.8, 4) is 5.75 Å². The Morgan fingerprint density at radius 3 is 2.33 bits per heavy atom. The van der Waals surface area contributed by atoms with Crippen LogP contribution in [-0.2, 0) is 9.53 Å². The van der Waals surface area contributed by atoms with E-state index in [-0.39, 0.29) is 5.97 Å². The fourth-order valence-electron chi connectivity index (χ4n) is 2.57. The lowest BCUT2D eigenvalue weighted by atomic mass is 10.2. The first-order valence-corrected chi connectivity index (χ1v) is 7.41. The molecule has 0 spiro atoms. The first-order chi connectivity index (χ1) is 10.2. The van der Waals surface area contributed by atoms with Gasteiger partial charge < -0.3 is 14.4 Å². The van der Waals surface area contributed by atoms with E-state index < -0.39 is 0 Å². The number of anilines is 1. The molecular weight excluding hydrogens is 268 g/mol. The number of benzene rings is 1. The van der Waals surface area contributed by atoms with Crippen LogP contribution in [0.5, 0.6) is 5.75 Å². The molecule has 0 atom stereocenters. The van der Waals surface area contributed by atoms with Crippen molar-refractivity contribution in [2.45, 2.75) is 12.8 Å². The molecule has 0 saturated carbocycles. The number of hydrogen-bond donors (Lipinski definition) is 0. The summed E-state index contributed by atoms with van der Waals surface area (Å²) in [7, 11) is 3.12. The summed E-state index contributed by atoms with van der Waals surface area (Å²) in [4.78, 5) is 15.9. The van der Waals surface area contributed by atoms with Gasteiger partial charge in [-0.2, -0.15) is 0 Å². The van der Waals surface area contributed by atoms with Gasteiger partial charge in [0.2, 0.25) is 0 Å². The van der Waals surface area contributed by atoms with Gasteiger partial charge in [0, 0.05) is 38.3 Å². The summed E-state index contributed by atoms with van der Waals surface area (Å²) in [5.41, 5.74) is 1.24. The van der Waals surface area contributed by atoms with E-state index in [0.29, 0.717) is 6.42 Å². The average molecular weight is 292 g/mol. The lowest BCUT2D eigenvalue weighted by Crippen LogP contribution is -2.46. The molecule has 0 N–H and O–H groups in total. The SMILES string of the molecule is COC(=O)CCCN1CCN(c2ccc(OC)cc2)CC1. The minimum Gasteiger partial charge on any atom is -0.497 e. The second kappa shape index (κ2) is 7.88. The van der Waals surface area contributed by atoms with Gasteiger partial charge in [-0.05, 0) is 37.2 Å². The third-order valence-electron chi connectivity index (χ3n) is 3.89. The van der Waals surface area contributed by atoms with Gasteiger partial charge in [0.1, 0.15) is 5.75 Å². The van der Waals surface area contributed by atoms with Gasteiger partial charge in [0.05, 0.1) is 14.2 Å². The first kappa shape index (κ1) is 15.6. The summed E-state index contributed by atoms with van der Waals surface area (Å²) in [5, 5.41) is 0. The Hall–Kier alpha value is -1.75. The Morgan fingerprint density at radius 2 is 1.76 bits per heavy atom. The summed E-state index contributed by atoms with van der Waals surface area (Å²) in [5.74, 6) is 0.770. The van der Waals surface area contributed by atoms with Crippen LogP contribution in [0.2, 0.25) is 0 Å². The van der Waals surface area contributed by atoms with Gasteiger partial charge in [-0.1, -0.05) is 0 Å². The number of methoxy groups -OCH3 is 2. The van der Waals surface area contributed by atoms with Crippen molar-refractivity contribution < 1.29 is 14.3 Å². The molecule has 1 saturated heterocycles. The first-order valence-electron chi connectivity index (χ1n) is 7.41. The summed E-state index contributed by atoms with van der Waals surface area (Å²) in [6.07, 6.45) is 1.38. The Kier molecular flexibility index (Phi) is 5.87. The highest BCUT2D eigenvalue weighted by atomic mass is 16.5. The van der Waals surface area contributed by atoms with Crippen LogP contribution in [0.15, 0.2) is 24.3 Å². The van der Waals surface area contributed by atoms with Gasteiger partial charge in [0.25, 0.3) is 0 Å². The van der Waals surface area contributed by atoms with Crippen LogP contribution in [0, 0.1) is 0 Å². The molecule has 1 fully saturated rings. The highest BCUT2D eigenvalue weighted by Crippen LogP contribution is 2.20. The molecule has 5 heteroatoms. The second-order valence-electron chi connectivity index (χ2n) is 5.21. The summed E-state index contributed by atoms with van der Waals surface area (Å²) in [6, 6.07) is 8.20. The Labute approximate surface area is 126 Å². The molecule has 1 aliphatic rings. The van der Waals surface area contributed by atoms with Crippen molar-refractivity contribution in [2.24, 2.45) is 0 Å². The summed E-state index contributed by atoms with van der Waals surface area (Å²) in [6.45, 7) is 5.07. The fourth-order valence-corrected chi connectivity index (χ4v) is 2.57. The van der Waals surface area contributed by atoms with Crippen LogP contribution < -0.4 is 9.64 Å². The lowest BCUT2D eigenvalue weighted by Gasteiger charge is -2.36. The van der Waals surface area contributed by atoms with Crippen LogP contribution in [0.4, 0.5) is 5.69 Å². The molecule has 2 rings (SSSR count). The number of rotatable bonds is 6. The molecule has 1 heterocycles. The van der Waals surface area contributed by atoms with E-state index in [2.05, 4.69) is 26.7 Å². The van der Waals surface area contributed by atoms with E-state index in [0.717, 1.165) is 44.9 Å². The molecule has 0 unspecified atom stereocenters. The average Bonchev–Trinajstić information content (AvgIpc) is 2.55. The molecular formula is C16H24N2O3. The predicted octanol–water partition coefficient (Wildman–Crippen LogP) is 1.77. The molecule has 0 aliphatic carbocycles. The molecule has 0 radical (unpaired) electrons. The van der Waals surface area contributed by atoms with E-state index in [1.807, 2.05) is 12.1 Å². The molecule has 1 aliphatic heterocycles. The zero-order valence-corrected chi connectivity index (χ0v) is 12.9. The number of hydrogen-bond acceptors (Lipinski definition) is 5. The third-order valence-corrected chi connectivity index (χ3v) is 3.89. The number of nitrogens with zero attached hydrogens (tertiary/aromatic N) is 2.